The fourth-order valence-electron chi connectivity index (χ4n) is 1.12. The lowest BCUT2D eigenvalue weighted by molar-refractivity contribution is 0.330. The summed E-state index contributed by atoms with van der Waals surface area (Å²) in [5.74, 6) is 0.736. The molecule has 0 saturated carbocycles. The molecule has 0 spiro atoms. The molecule has 0 heterocycles. The molecule has 0 aromatic carbocycles. The van der Waals surface area contributed by atoms with Gasteiger partial charge in [0.05, 0.1) is 6.61 Å². The van der Waals surface area contributed by atoms with Gasteiger partial charge in [-0.3, -0.25) is 0 Å². The van der Waals surface area contributed by atoms with Crippen molar-refractivity contribution >= 4 is 31.9 Å². The van der Waals surface area contributed by atoms with Gasteiger partial charge < -0.3 is 5.11 Å². The van der Waals surface area contributed by atoms with Crippen molar-refractivity contribution < 1.29 is 5.11 Å². The molecule has 0 aliphatic carbocycles. The molecule has 1 N–H and O–H groups in total. The summed E-state index contributed by atoms with van der Waals surface area (Å²) < 4.78 is 0. The highest BCUT2D eigenvalue weighted by Crippen LogP contribution is 2.17. The van der Waals surface area contributed by atoms with E-state index in [1.807, 2.05) is 6.92 Å². The van der Waals surface area contributed by atoms with Crippen molar-refractivity contribution in [1.29, 1.82) is 0 Å². The summed E-state index contributed by atoms with van der Waals surface area (Å²) in [6, 6.07) is 0. The highest BCUT2D eigenvalue weighted by Gasteiger charge is 2.05. The van der Waals surface area contributed by atoms with Gasteiger partial charge in [0.1, 0.15) is 0 Å². The second-order valence-corrected chi connectivity index (χ2v) is 4.85. The lowest BCUT2D eigenvalue weighted by Crippen LogP contribution is -2.01. The number of hydrogen-bond donors (Lipinski definition) is 1. The Kier molecular flexibility index (Phi) is 9.69. The number of rotatable bonds is 7. The van der Waals surface area contributed by atoms with Crippen LogP contribution < -0.4 is 0 Å². The number of aliphatic hydroxyl groups is 1. The van der Waals surface area contributed by atoms with Crippen molar-refractivity contribution in [3.8, 4) is 0 Å². The molecule has 0 bridgehead atoms. The van der Waals surface area contributed by atoms with Gasteiger partial charge in [0.2, 0.25) is 0 Å². The Hall–Kier alpha value is 0.660. The van der Waals surface area contributed by atoms with E-state index in [9.17, 15) is 0 Å². The average molecular weight is 314 g/mol. The summed E-state index contributed by atoms with van der Waals surface area (Å²) in [7, 11) is 0. The Morgan fingerprint density at radius 3 is 2.23 bits per heavy atom. The third-order valence-electron chi connectivity index (χ3n) is 2.08. The number of aliphatic hydroxyl groups excluding tert-OH is 1. The Balaban J connectivity index is 3.79. The molecule has 0 aromatic heterocycles. The number of allylic oxidation sites excluding steroid dienone is 1. The van der Waals surface area contributed by atoms with Crippen molar-refractivity contribution in [2.45, 2.75) is 26.2 Å². The van der Waals surface area contributed by atoms with Gasteiger partial charge in [-0.2, -0.15) is 0 Å². The highest BCUT2D eigenvalue weighted by molar-refractivity contribution is 9.09. The lowest BCUT2D eigenvalue weighted by atomic mass is 9.98. The van der Waals surface area contributed by atoms with Crippen LogP contribution in [0.25, 0.3) is 0 Å². The molecule has 3 heteroatoms. The zero-order valence-corrected chi connectivity index (χ0v) is 11.3. The van der Waals surface area contributed by atoms with Crippen LogP contribution >= 0.6 is 31.9 Å². The normalized spacial score (nSPS) is 12.5. The topological polar surface area (TPSA) is 20.2 Å². The minimum atomic E-state index is 0.190. The van der Waals surface area contributed by atoms with Crippen LogP contribution in [0, 0.1) is 5.92 Å². The molecule has 78 valence electrons. The van der Waals surface area contributed by atoms with Crippen LogP contribution in [0.2, 0.25) is 0 Å². The molecule has 1 nitrogen and oxygen atoms in total. The predicted molar refractivity (Wildman–Crippen MR) is 65.8 cm³/mol. The van der Waals surface area contributed by atoms with Crippen LogP contribution in [0.1, 0.15) is 26.2 Å². The van der Waals surface area contributed by atoms with E-state index in [-0.39, 0.29) is 6.61 Å². The molecule has 0 fully saturated rings. The van der Waals surface area contributed by atoms with E-state index in [1.54, 1.807) is 0 Å². The van der Waals surface area contributed by atoms with Crippen LogP contribution in [-0.2, 0) is 0 Å². The van der Waals surface area contributed by atoms with Crippen LogP contribution in [0.5, 0.6) is 0 Å². The van der Waals surface area contributed by atoms with E-state index < -0.39 is 0 Å². The summed E-state index contributed by atoms with van der Waals surface area (Å²) in [5.41, 5.74) is 1.08. The quantitative estimate of drug-likeness (QED) is 0.563. The van der Waals surface area contributed by atoms with Gasteiger partial charge in [-0.1, -0.05) is 43.5 Å². The molecule has 13 heavy (non-hydrogen) atoms. The molecule has 0 unspecified atom stereocenters. The molecule has 0 radical (unpaired) electrons. The molecular weight excluding hydrogens is 296 g/mol. The standard InChI is InChI=1S/C10H18Br2O/c1-9(8-13)2-3-10(4-6-11)5-7-12/h2,10,13H,3-8H2,1H3/b9-2+. The summed E-state index contributed by atoms with van der Waals surface area (Å²) in [6.45, 7) is 2.16. The monoisotopic (exact) mass is 312 g/mol. The zero-order chi connectivity index (χ0) is 10.1. The van der Waals surface area contributed by atoms with Gasteiger partial charge in [0.25, 0.3) is 0 Å². The minimum absolute atomic E-state index is 0.190. The fourth-order valence-corrected chi connectivity index (χ4v) is 2.42. The molecule has 0 aliphatic heterocycles. The van der Waals surface area contributed by atoms with Gasteiger partial charge >= 0.3 is 0 Å². The first-order valence-electron chi connectivity index (χ1n) is 4.63. The first kappa shape index (κ1) is 13.7. The van der Waals surface area contributed by atoms with Crippen molar-refractivity contribution in [2.24, 2.45) is 5.92 Å². The van der Waals surface area contributed by atoms with Crippen LogP contribution in [0.15, 0.2) is 11.6 Å². The van der Waals surface area contributed by atoms with Gasteiger partial charge in [-0.25, -0.2) is 0 Å². The number of alkyl halides is 2. The second-order valence-electron chi connectivity index (χ2n) is 3.27. The van der Waals surface area contributed by atoms with Crippen molar-refractivity contribution in [3.05, 3.63) is 11.6 Å². The molecule has 0 aromatic rings. The van der Waals surface area contributed by atoms with Gasteiger partial charge in [0, 0.05) is 10.7 Å². The molecule has 0 amide bonds. The lowest BCUT2D eigenvalue weighted by Gasteiger charge is -2.11. The van der Waals surface area contributed by atoms with Crippen molar-refractivity contribution in [2.75, 3.05) is 17.3 Å². The second kappa shape index (κ2) is 9.22. The number of hydrogen-bond acceptors (Lipinski definition) is 1. The molecular formula is C10H18Br2O. The Bertz CT molecular complexity index is 140. The van der Waals surface area contributed by atoms with Gasteiger partial charge in [-0.05, 0) is 32.1 Å². The Morgan fingerprint density at radius 1 is 1.31 bits per heavy atom. The van der Waals surface area contributed by atoms with E-state index in [0.29, 0.717) is 0 Å². The first-order chi connectivity index (χ1) is 6.24. The first-order valence-corrected chi connectivity index (χ1v) is 6.87. The molecule has 0 aliphatic rings. The van der Waals surface area contributed by atoms with Crippen LogP contribution in [0.4, 0.5) is 0 Å². The zero-order valence-electron chi connectivity index (χ0n) is 8.10. The largest absolute Gasteiger partial charge is 0.392 e. The third kappa shape index (κ3) is 7.71. The van der Waals surface area contributed by atoms with Gasteiger partial charge in [-0.15, -0.1) is 0 Å². The van der Waals surface area contributed by atoms with Crippen LogP contribution in [-0.4, -0.2) is 22.4 Å². The van der Waals surface area contributed by atoms with E-state index >= 15 is 0 Å². The molecule has 0 rings (SSSR count). The maximum Gasteiger partial charge on any atom is 0.0639 e. The molecule has 0 atom stereocenters. The van der Waals surface area contributed by atoms with E-state index in [1.165, 1.54) is 12.8 Å². The van der Waals surface area contributed by atoms with Crippen molar-refractivity contribution in [1.82, 2.24) is 0 Å². The van der Waals surface area contributed by atoms with Crippen molar-refractivity contribution in [3.63, 3.8) is 0 Å². The number of halogens is 2. The summed E-state index contributed by atoms with van der Waals surface area (Å²) in [5, 5.41) is 11.0. The van der Waals surface area contributed by atoms with E-state index in [4.69, 9.17) is 5.11 Å². The maximum atomic E-state index is 8.82. The smallest absolute Gasteiger partial charge is 0.0639 e. The molecule has 0 saturated heterocycles. The average Bonchev–Trinajstić information content (AvgIpc) is 2.14. The maximum absolute atomic E-state index is 8.82. The summed E-state index contributed by atoms with van der Waals surface area (Å²) in [4.78, 5) is 0. The summed E-state index contributed by atoms with van der Waals surface area (Å²) in [6.07, 6.45) is 5.65. The Morgan fingerprint density at radius 2 is 1.85 bits per heavy atom. The fraction of sp³-hybridized carbons (Fsp3) is 0.800. The van der Waals surface area contributed by atoms with E-state index in [2.05, 4.69) is 37.9 Å². The minimum Gasteiger partial charge on any atom is -0.392 e. The SMILES string of the molecule is C/C(=C\CC(CCBr)CCBr)CO. The predicted octanol–water partition coefficient (Wildman–Crippen LogP) is 3.50. The third-order valence-corrected chi connectivity index (χ3v) is 3.00. The summed E-state index contributed by atoms with van der Waals surface area (Å²) >= 11 is 6.92. The van der Waals surface area contributed by atoms with Crippen LogP contribution in [0.3, 0.4) is 0 Å². The van der Waals surface area contributed by atoms with E-state index in [0.717, 1.165) is 28.6 Å². The highest BCUT2D eigenvalue weighted by atomic mass is 79.9. The van der Waals surface area contributed by atoms with Gasteiger partial charge in [0.15, 0.2) is 0 Å². The Labute approximate surface area is 97.9 Å².